The quantitative estimate of drug-likeness (QED) is 0.358. The summed E-state index contributed by atoms with van der Waals surface area (Å²) in [4.78, 5) is 17.0. The van der Waals surface area contributed by atoms with Gasteiger partial charge in [0.1, 0.15) is 5.71 Å². The SMILES string of the molecule is CC(C)C(=O)O/N=C(/c1ccccc1)c1ccc(-c2ccccc2)cc1. The van der Waals surface area contributed by atoms with Crippen LogP contribution in [0, 0.1) is 5.92 Å². The van der Waals surface area contributed by atoms with Gasteiger partial charge in [-0.15, -0.1) is 0 Å². The summed E-state index contributed by atoms with van der Waals surface area (Å²) >= 11 is 0. The highest BCUT2D eigenvalue weighted by Gasteiger charge is 2.12. The van der Waals surface area contributed by atoms with Crippen molar-refractivity contribution in [3.05, 3.63) is 96.1 Å². The molecule has 26 heavy (non-hydrogen) atoms. The minimum atomic E-state index is -0.348. The summed E-state index contributed by atoms with van der Waals surface area (Å²) < 4.78 is 0. The van der Waals surface area contributed by atoms with Crippen molar-refractivity contribution in [3.8, 4) is 11.1 Å². The maximum Gasteiger partial charge on any atom is 0.337 e. The number of rotatable bonds is 5. The third-order valence-electron chi connectivity index (χ3n) is 4.01. The number of benzene rings is 3. The molecule has 0 aliphatic carbocycles. The first-order valence-corrected chi connectivity index (χ1v) is 8.65. The van der Waals surface area contributed by atoms with Crippen molar-refractivity contribution in [1.29, 1.82) is 0 Å². The number of carbonyl (C=O) groups excluding carboxylic acids is 1. The van der Waals surface area contributed by atoms with E-state index in [0.717, 1.165) is 22.3 Å². The molecular formula is C23H21NO2. The first kappa shape index (κ1) is 17.6. The zero-order chi connectivity index (χ0) is 18.4. The summed E-state index contributed by atoms with van der Waals surface area (Å²) in [5, 5.41) is 4.15. The Morgan fingerprint density at radius 3 is 1.81 bits per heavy atom. The fourth-order valence-electron chi connectivity index (χ4n) is 2.52. The molecule has 3 aromatic rings. The average Bonchev–Trinajstić information content (AvgIpc) is 2.70. The molecule has 0 saturated carbocycles. The minimum Gasteiger partial charge on any atom is -0.317 e. The topological polar surface area (TPSA) is 38.7 Å². The molecule has 130 valence electrons. The van der Waals surface area contributed by atoms with Crippen molar-refractivity contribution in [2.75, 3.05) is 0 Å². The fourth-order valence-corrected chi connectivity index (χ4v) is 2.52. The van der Waals surface area contributed by atoms with Gasteiger partial charge in [-0.05, 0) is 11.1 Å². The molecule has 0 atom stereocenters. The molecule has 0 unspecified atom stereocenters. The van der Waals surface area contributed by atoms with Crippen LogP contribution in [-0.2, 0) is 9.63 Å². The van der Waals surface area contributed by atoms with Crippen LogP contribution in [-0.4, -0.2) is 11.7 Å². The highest BCUT2D eigenvalue weighted by atomic mass is 16.7. The molecule has 0 bridgehead atoms. The van der Waals surface area contributed by atoms with Crippen molar-refractivity contribution in [2.24, 2.45) is 11.1 Å². The molecule has 0 aromatic heterocycles. The second kappa shape index (κ2) is 8.26. The summed E-state index contributed by atoms with van der Waals surface area (Å²) in [6.45, 7) is 3.57. The molecule has 0 saturated heterocycles. The highest BCUT2D eigenvalue weighted by molar-refractivity contribution is 6.12. The predicted molar refractivity (Wildman–Crippen MR) is 105 cm³/mol. The minimum absolute atomic E-state index is 0.226. The lowest BCUT2D eigenvalue weighted by Crippen LogP contribution is -2.11. The van der Waals surface area contributed by atoms with E-state index in [9.17, 15) is 4.79 Å². The lowest BCUT2D eigenvalue weighted by atomic mass is 9.99. The lowest BCUT2D eigenvalue weighted by molar-refractivity contribution is -0.147. The van der Waals surface area contributed by atoms with Crippen LogP contribution in [0.2, 0.25) is 0 Å². The Morgan fingerprint density at radius 1 is 0.731 bits per heavy atom. The Balaban J connectivity index is 1.94. The Hall–Kier alpha value is -3.20. The first-order valence-electron chi connectivity index (χ1n) is 8.65. The second-order valence-corrected chi connectivity index (χ2v) is 6.31. The van der Waals surface area contributed by atoms with Gasteiger partial charge in [0.2, 0.25) is 0 Å². The van der Waals surface area contributed by atoms with Crippen molar-refractivity contribution in [1.82, 2.24) is 0 Å². The van der Waals surface area contributed by atoms with Gasteiger partial charge >= 0.3 is 5.97 Å². The smallest absolute Gasteiger partial charge is 0.317 e. The van der Waals surface area contributed by atoms with Crippen molar-refractivity contribution in [2.45, 2.75) is 13.8 Å². The number of hydrogen-bond acceptors (Lipinski definition) is 3. The molecule has 3 heteroatoms. The van der Waals surface area contributed by atoms with Gasteiger partial charge < -0.3 is 4.84 Å². The predicted octanol–water partition coefficient (Wildman–Crippen LogP) is 5.31. The molecule has 0 N–H and O–H groups in total. The molecule has 0 spiro atoms. The monoisotopic (exact) mass is 343 g/mol. The number of nitrogens with zero attached hydrogens (tertiary/aromatic N) is 1. The standard InChI is InChI=1S/C23H21NO2/c1-17(2)23(25)26-24-22(20-11-7-4-8-12-20)21-15-13-19(14-16-21)18-9-5-3-6-10-18/h3-17H,1-2H3/b24-22-. The zero-order valence-corrected chi connectivity index (χ0v) is 14.9. The van der Waals surface area contributed by atoms with Crippen molar-refractivity contribution < 1.29 is 9.63 Å². The van der Waals surface area contributed by atoms with Gasteiger partial charge in [-0.25, -0.2) is 4.79 Å². The van der Waals surface area contributed by atoms with E-state index in [2.05, 4.69) is 17.3 Å². The van der Waals surface area contributed by atoms with Crippen LogP contribution in [0.4, 0.5) is 0 Å². The van der Waals surface area contributed by atoms with Crippen LogP contribution in [0.25, 0.3) is 11.1 Å². The van der Waals surface area contributed by atoms with E-state index < -0.39 is 0 Å². The molecule has 0 fully saturated rings. The third-order valence-corrected chi connectivity index (χ3v) is 4.01. The maximum atomic E-state index is 11.8. The van der Waals surface area contributed by atoms with E-state index in [-0.39, 0.29) is 11.9 Å². The molecule has 3 nitrogen and oxygen atoms in total. The molecule has 0 radical (unpaired) electrons. The summed E-state index contributed by atoms with van der Waals surface area (Å²) in [7, 11) is 0. The van der Waals surface area contributed by atoms with Crippen LogP contribution < -0.4 is 0 Å². The van der Waals surface area contributed by atoms with E-state index >= 15 is 0 Å². The van der Waals surface area contributed by atoms with E-state index in [1.54, 1.807) is 13.8 Å². The van der Waals surface area contributed by atoms with E-state index in [1.165, 1.54) is 0 Å². The van der Waals surface area contributed by atoms with E-state index in [4.69, 9.17) is 4.84 Å². The molecule has 0 amide bonds. The molecule has 3 aromatic carbocycles. The van der Waals surface area contributed by atoms with Crippen molar-refractivity contribution in [3.63, 3.8) is 0 Å². The molecular weight excluding hydrogens is 322 g/mol. The van der Waals surface area contributed by atoms with E-state index in [0.29, 0.717) is 5.71 Å². The number of carbonyl (C=O) groups is 1. The lowest BCUT2D eigenvalue weighted by Gasteiger charge is -2.09. The van der Waals surface area contributed by atoms with Crippen LogP contribution in [0.15, 0.2) is 90.1 Å². The summed E-state index contributed by atoms with van der Waals surface area (Å²) in [5.74, 6) is -0.574. The largest absolute Gasteiger partial charge is 0.337 e. The Kier molecular flexibility index (Phi) is 5.59. The Labute approximate surface area is 153 Å². The van der Waals surface area contributed by atoms with Gasteiger partial charge in [-0.1, -0.05) is 104 Å². The zero-order valence-electron chi connectivity index (χ0n) is 14.9. The summed E-state index contributed by atoms with van der Waals surface area (Å²) in [5.41, 5.74) is 4.72. The number of hydrogen-bond donors (Lipinski definition) is 0. The summed E-state index contributed by atoms with van der Waals surface area (Å²) in [6, 6.07) is 28.0. The molecule has 0 aliphatic heterocycles. The maximum absolute atomic E-state index is 11.8. The van der Waals surface area contributed by atoms with E-state index in [1.807, 2.05) is 72.8 Å². The van der Waals surface area contributed by atoms with Gasteiger partial charge in [0.15, 0.2) is 0 Å². The second-order valence-electron chi connectivity index (χ2n) is 6.31. The highest BCUT2D eigenvalue weighted by Crippen LogP contribution is 2.21. The number of oxime groups is 1. The van der Waals surface area contributed by atoms with Gasteiger partial charge in [-0.3, -0.25) is 0 Å². The van der Waals surface area contributed by atoms with Crippen LogP contribution in [0.1, 0.15) is 25.0 Å². The van der Waals surface area contributed by atoms with Crippen molar-refractivity contribution >= 4 is 11.7 Å². The van der Waals surface area contributed by atoms with Gasteiger partial charge in [0.25, 0.3) is 0 Å². The Morgan fingerprint density at radius 2 is 1.23 bits per heavy atom. The van der Waals surface area contributed by atoms with Crippen LogP contribution in [0.3, 0.4) is 0 Å². The van der Waals surface area contributed by atoms with Crippen LogP contribution >= 0.6 is 0 Å². The third kappa shape index (κ3) is 4.25. The molecule has 0 aliphatic rings. The van der Waals surface area contributed by atoms with Gasteiger partial charge in [-0.2, -0.15) is 0 Å². The normalized spacial score (nSPS) is 11.4. The van der Waals surface area contributed by atoms with Gasteiger partial charge in [0.05, 0.1) is 5.92 Å². The first-order chi connectivity index (χ1) is 12.6. The molecule has 3 rings (SSSR count). The van der Waals surface area contributed by atoms with Gasteiger partial charge in [0, 0.05) is 11.1 Å². The summed E-state index contributed by atoms with van der Waals surface area (Å²) in [6.07, 6.45) is 0. The fraction of sp³-hybridized carbons (Fsp3) is 0.130. The average molecular weight is 343 g/mol. The van der Waals surface area contributed by atoms with Crippen LogP contribution in [0.5, 0.6) is 0 Å². The molecule has 0 heterocycles. The Bertz CT molecular complexity index is 883.